The lowest BCUT2D eigenvalue weighted by molar-refractivity contribution is 0.966. The van der Waals surface area contributed by atoms with Gasteiger partial charge in [-0.15, -0.1) is 0 Å². The Labute approximate surface area is 63.3 Å². The number of fused-ring (bicyclic) bond motifs is 1. The van der Waals surface area contributed by atoms with Gasteiger partial charge in [-0.1, -0.05) is 0 Å². The van der Waals surface area contributed by atoms with E-state index in [2.05, 4.69) is 22.0 Å². The fourth-order valence-corrected chi connectivity index (χ4v) is 0.899. The average molecular weight is 148 g/mol. The Balaban J connectivity index is 2.82. The summed E-state index contributed by atoms with van der Waals surface area (Å²) in [4.78, 5) is 11.7. The molecular formula is C6H6N5. The first-order valence-electron chi connectivity index (χ1n) is 3.03. The van der Waals surface area contributed by atoms with E-state index in [1.165, 1.54) is 17.2 Å². The molecule has 1 radical (unpaired) electrons. The predicted molar refractivity (Wildman–Crippen MR) is 39.6 cm³/mol. The van der Waals surface area contributed by atoms with Crippen molar-refractivity contribution in [1.29, 1.82) is 0 Å². The van der Waals surface area contributed by atoms with Crippen LogP contribution in [0.5, 0.6) is 0 Å². The first kappa shape index (κ1) is 6.09. The highest BCUT2D eigenvalue weighted by Gasteiger charge is 2.11. The van der Waals surface area contributed by atoms with Crippen molar-refractivity contribution in [3.8, 4) is 11.5 Å². The minimum Gasteiger partial charge on any atom is -0.382 e. The van der Waals surface area contributed by atoms with E-state index < -0.39 is 0 Å². The standard InChI is InChI=1S/C6H6N5/c1-11-3-10-5(7)4-6(11)9-2-8-4/h2-3H,1,7H2. The third-order valence-electron chi connectivity index (χ3n) is 1.43. The normalized spacial score (nSPS) is 10.6. The Morgan fingerprint density at radius 1 is 1.36 bits per heavy atom. The van der Waals surface area contributed by atoms with Crippen LogP contribution in [0.3, 0.4) is 0 Å². The first-order valence-corrected chi connectivity index (χ1v) is 3.03. The third-order valence-corrected chi connectivity index (χ3v) is 1.43. The molecule has 2 rings (SSSR count). The summed E-state index contributed by atoms with van der Waals surface area (Å²) in [5.41, 5.74) is 6.11. The number of imidazole rings is 1. The van der Waals surface area contributed by atoms with Gasteiger partial charge in [-0.25, -0.2) is 15.0 Å². The van der Waals surface area contributed by atoms with Gasteiger partial charge >= 0.3 is 0 Å². The van der Waals surface area contributed by atoms with E-state index in [1.54, 1.807) is 0 Å². The van der Waals surface area contributed by atoms with Crippen LogP contribution in [0.15, 0.2) is 12.7 Å². The maximum Gasteiger partial charge on any atom is 0.165 e. The monoisotopic (exact) mass is 148 g/mol. The van der Waals surface area contributed by atoms with Crippen molar-refractivity contribution in [3.63, 3.8) is 0 Å². The number of rotatable bonds is 0. The minimum atomic E-state index is 0.386. The summed E-state index contributed by atoms with van der Waals surface area (Å²) in [6.45, 7) is 0. The van der Waals surface area contributed by atoms with Crippen molar-refractivity contribution in [3.05, 3.63) is 19.7 Å². The van der Waals surface area contributed by atoms with Crippen molar-refractivity contribution in [2.75, 3.05) is 5.73 Å². The molecule has 0 saturated heterocycles. The molecule has 55 valence electrons. The van der Waals surface area contributed by atoms with Crippen LogP contribution in [-0.4, -0.2) is 19.5 Å². The van der Waals surface area contributed by atoms with Gasteiger partial charge in [0, 0.05) is 7.05 Å². The van der Waals surface area contributed by atoms with Crippen LogP contribution in [0.1, 0.15) is 0 Å². The molecule has 2 heterocycles. The van der Waals surface area contributed by atoms with Crippen LogP contribution in [0.4, 0.5) is 5.82 Å². The molecule has 0 saturated carbocycles. The zero-order valence-electron chi connectivity index (χ0n) is 5.73. The lowest BCUT2D eigenvalue weighted by atomic mass is 10.4. The molecule has 0 aromatic carbocycles. The summed E-state index contributed by atoms with van der Waals surface area (Å²) in [5, 5.41) is 0. The fourth-order valence-electron chi connectivity index (χ4n) is 0.899. The largest absolute Gasteiger partial charge is 0.382 e. The fraction of sp³-hybridized carbons (Fsp3) is 0. The molecule has 2 N–H and O–H groups in total. The molecule has 0 fully saturated rings. The molecule has 0 spiro atoms. The number of hydrogen-bond donors (Lipinski definition) is 1. The van der Waals surface area contributed by atoms with E-state index in [0.29, 0.717) is 17.3 Å². The molecule has 2 aliphatic heterocycles. The number of nitrogens with two attached hydrogens (primary N) is 1. The van der Waals surface area contributed by atoms with Crippen molar-refractivity contribution >= 4 is 5.82 Å². The molecule has 5 heteroatoms. The van der Waals surface area contributed by atoms with Gasteiger partial charge in [0.15, 0.2) is 11.6 Å². The van der Waals surface area contributed by atoms with Gasteiger partial charge in [0.25, 0.3) is 0 Å². The highest BCUT2D eigenvalue weighted by molar-refractivity contribution is 5.64. The van der Waals surface area contributed by atoms with Crippen molar-refractivity contribution in [2.24, 2.45) is 0 Å². The van der Waals surface area contributed by atoms with Crippen LogP contribution >= 0.6 is 0 Å². The molecule has 2 aliphatic rings. The number of nitrogens with zero attached hydrogens (tertiary/aromatic N) is 4. The van der Waals surface area contributed by atoms with E-state index in [4.69, 9.17) is 5.73 Å². The molecule has 0 bridgehead atoms. The number of aromatic nitrogens is 4. The summed E-state index contributed by atoms with van der Waals surface area (Å²) >= 11 is 0. The van der Waals surface area contributed by atoms with E-state index in [9.17, 15) is 0 Å². The minimum absolute atomic E-state index is 0.386. The molecular weight excluding hydrogens is 142 g/mol. The second-order valence-electron chi connectivity index (χ2n) is 2.15. The Hall–Kier alpha value is -1.65. The molecule has 0 unspecified atom stereocenters. The summed E-state index contributed by atoms with van der Waals surface area (Å²) in [7, 11) is 3.66. The molecule has 0 aromatic rings. The number of nitrogen functional groups attached to an aromatic ring is 1. The van der Waals surface area contributed by atoms with Gasteiger partial charge in [0.2, 0.25) is 0 Å². The zero-order chi connectivity index (χ0) is 7.84. The van der Waals surface area contributed by atoms with E-state index >= 15 is 0 Å². The van der Waals surface area contributed by atoms with Gasteiger partial charge in [-0.2, -0.15) is 0 Å². The van der Waals surface area contributed by atoms with Crippen LogP contribution in [-0.2, 0) is 0 Å². The molecule has 0 atom stereocenters. The predicted octanol–water partition coefficient (Wildman–Crippen LogP) is -0.000210. The highest BCUT2D eigenvalue weighted by atomic mass is 15.1. The third kappa shape index (κ3) is 0.739. The van der Waals surface area contributed by atoms with Gasteiger partial charge in [0.05, 0.1) is 6.33 Å². The maximum absolute atomic E-state index is 5.51. The van der Waals surface area contributed by atoms with Gasteiger partial charge < -0.3 is 10.3 Å². The maximum atomic E-state index is 5.51. The lowest BCUT2D eigenvalue weighted by Crippen LogP contribution is -2.02. The second kappa shape index (κ2) is 1.91. The molecule has 0 aliphatic carbocycles. The van der Waals surface area contributed by atoms with Crippen LogP contribution < -0.4 is 5.73 Å². The first-order chi connectivity index (χ1) is 5.29. The second-order valence-corrected chi connectivity index (χ2v) is 2.15. The van der Waals surface area contributed by atoms with Gasteiger partial charge in [-0.3, -0.25) is 0 Å². The number of hydrogen-bond acceptors (Lipinski definition) is 4. The Morgan fingerprint density at radius 3 is 2.91 bits per heavy atom. The summed E-state index contributed by atoms with van der Waals surface area (Å²) in [5.74, 6) is 1.04. The van der Waals surface area contributed by atoms with Gasteiger partial charge in [-0.05, 0) is 0 Å². The summed E-state index contributed by atoms with van der Waals surface area (Å²) in [6.07, 6.45) is 2.94. The zero-order valence-corrected chi connectivity index (χ0v) is 5.73. The SMILES string of the molecule is [CH2]n1cnc(N)c2ncnc1-2. The smallest absolute Gasteiger partial charge is 0.165 e. The topological polar surface area (TPSA) is 69.6 Å². The lowest BCUT2D eigenvalue weighted by Gasteiger charge is -2.03. The van der Waals surface area contributed by atoms with Crippen molar-refractivity contribution in [1.82, 2.24) is 19.5 Å². The molecule has 5 nitrogen and oxygen atoms in total. The van der Waals surface area contributed by atoms with E-state index in [1.807, 2.05) is 0 Å². The van der Waals surface area contributed by atoms with Crippen molar-refractivity contribution < 1.29 is 0 Å². The Bertz CT molecular complexity index is 319. The van der Waals surface area contributed by atoms with Crippen LogP contribution in [0, 0.1) is 7.05 Å². The van der Waals surface area contributed by atoms with Crippen molar-refractivity contribution in [2.45, 2.75) is 0 Å². The summed E-state index contributed by atoms with van der Waals surface area (Å²) in [6, 6.07) is 0. The highest BCUT2D eigenvalue weighted by Crippen LogP contribution is 2.19. The number of anilines is 1. The molecule has 0 amide bonds. The average Bonchev–Trinajstić information content (AvgIpc) is 2.45. The Morgan fingerprint density at radius 2 is 2.18 bits per heavy atom. The van der Waals surface area contributed by atoms with E-state index in [0.717, 1.165) is 0 Å². The summed E-state index contributed by atoms with van der Waals surface area (Å²) < 4.78 is 1.53. The van der Waals surface area contributed by atoms with Crippen LogP contribution in [0.2, 0.25) is 0 Å². The Kier molecular flexibility index (Phi) is 1.06. The van der Waals surface area contributed by atoms with Crippen LogP contribution in [0.25, 0.3) is 11.5 Å². The van der Waals surface area contributed by atoms with Gasteiger partial charge in [0.1, 0.15) is 12.0 Å². The molecule has 11 heavy (non-hydrogen) atoms. The quantitative estimate of drug-likeness (QED) is 0.570. The molecule has 0 aromatic heterocycles. The van der Waals surface area contributed by atoms with E-state index in [-0.39, 0.29) is 0 Å².